The lowest BCUT2D eigenvalue weighted by Gasteiger charge is -2.15. The van der Waals surface area contributed by atoms with Gasteiger partial charge in [-0.15, -0.1) is 0 Å². The zero-order valence-electron chi connectivity index (χ0n) is 9.09. The summed E-state index contributed by atoms with van der Waals surface area (Å²) in [4.78, 5) is 10.4. The van der Waals surface area contributed by atoms with Gasteiger partial charge in [0, 0.05) is 0 Å². The van der Waals surface area contributed by atoms with E-state index in [9.17, 15) is 4.79 Å². The summed E-state index contributed by atoms with van der Waals surface area (Å²) in [6, 6.07) is -0.712. The minimum Gasteiger partial charge on any atom is -0.480 e. The minimum atomic E-state index is -0.917. The molecule has 0 amide bonds. The molecule has 4 nitrogen and oxygen atoms in total. The van der Waals surface area contributed by atoms with Gasteiger partial charge >= 0.3 is 5.97 Å². The molecule has 2 unspecified atom stereocenters. The Morgan fingerprint density at radius 2 is 2.40 bits per heavy atom. The van der Waals surface area contributed by atoms with E-state index in [4.69, 9.17) is 5.11 Å². The first-order valence-corrected chi connectivity index (χ1v) is 5.44. The van der Waals surface area contributed by atoms with E-state index < -0.39 is 12.0 Å². The Morgan fingerprint density at radius 1 is 1.60 bits per heavy atom. The van der Waals surface area contributed by atoms with Gasteiger partial charge in [-0.3, -0.25) is 0 Å². The number of carboxylic acid groups (broad SMARTS) is 1. The molecule has 0 bridgehead atoms. The standard InChI is InChI=1S/C11H18N2O2/c1-9(11(14)15)13-12-8-7-10-5-3-2-4-6-10/h2-3,9-10H,4-8H2,1H3,(H,14,15). The van der Waals surface area contributed by atoms with Crippen LogP contribution in [-0.2, 0) is 4.79 Å². The highest BCUT2D eigenvalue weighted by Crippen LogP contribution is 2.21. The number of carbonyl (C=O) groups is 1. The van der Waals surface area contributed by atoms with Crippen molar-refractivity contribution < 1.29 is 9.90 Å². The molecule has 0 aromatic rings. The van der Waals surface area contributed by atoms with Gasteiger partial charge in [0.15, 0.2) is 6.04 Å². The monoisotopic (exact) mass is 210 g/mol. The van der Waals surface area contributed by atoms with E-state index in [-0.39, 0.29) is 0 Å². The molecule has 0 saturated heterocycles. The molecule has 1 aliphatic carbocycles. The molecule has 0 fully saturated rings. The van der Waals surface area contributed by atoms with Crippen molar-refractivity contribution in [3.8, 4) is 0 Å². The molecule has 84 valence electrons. The zero-order valence-corrected chi connectivity index (χ0v) is 9.09. The topological polar surface area (TPSA) is 62.0 Å². The van der Waals surface area contributed by atoms with E-state index in [1.54, 1.807) is 0 Å². The fourth-order valence-electron chi connectivity index (χ4n) is 1.59. The normalized spacial score (nSPS) is 23.1. The Bertz CT molecular complexity index is 261. The van der Waals surface area contributed by atoms with Crippen LogP contribution in [0.25, 0.3) is 0 Å². The van der Waals surface area contributed by atoms with E-state index >= 15 is 0 Å². The third kappa shape index (κ3) is 4.72. The molecule has 0 aliphatic heterocycles. The third-order valence-corrected chi connectivity index (χ3v) is 2.63. The number of hydrogen-bond acceptors (Lipinski definition) is 3. The molecule has 0 aromatic heterocycles. The van der Waals surface area contributed by atoms with E-state index in [1.807, 2.05) is 0 Å². The van der Waals surface area contributed by atoms with E-state index in [1.165, 1.54) is 13.3 Å². The molecule has 0 aromatic carbocycles. The van der Waals surface area contributed by atoms with Crippen LogP contribution >= 0.6 is 0 Å². The Morgan fingerprint density at radius 3 is 3.00 bits per heavy atom. The summed E-state index contributed by atoms with van der Waals surface area (Å²) >= 11 is 0. The maximum atomic E-state index is 10.4. The second-order valence-corrected chi connectivity index (χ2v) is 3.93. The van der Waals surface area contributed by atoms with Crippen LogP contribution in [0.2, 0.25) is 0 Å². The van der Waals surface area contributed by atoms with Crippen molar-refractivity contribution in [3.05, 3.63) is 12.2 Å². The number of carboxylic acids is 1. The van der Waals surface area contributed by atoms with Crippen molar-refractivity contribution in [1.82, 2.24) is 0 Å². The lowest BCUT2D eigenvalue weighted by Crippen LogP contribution is -2.12. The molecule has 1 N–H and O–H groups in total. The van der Waals surface area contributed by atoms with Gasteiger partial charge in [0.05, 0.1) is 6.54 Å². The molecule has 4 heteroatoms. The van der Waals surface area contributed by atoms with Crippen molar-refractivity contribution in [1.29, 1.82) is 0 Å². The molecular weight excluding hydrogens is 192 g/mol. The Labute approximate surface area is 90.1 Å². The highest BCUT2D eigenvalue weighted by molar-refractivity contribution is 5.72. The Balaban J connectivity index is 2.15. The second-order valence-electron chi connectivity index (χ2n) is 3.93. The van der Waals surface area contributed by atoms with Gasteiger partial charge in [0.25, 0.3) is 0 Å². The number of aliphatic carboxylic acids is 1. The molecule has 1 aliphatic rings. The number of hydrogen-bond donors (Lipinski definition) is 1. The van der Waals surface area contributed by atoms with Crippen LogP contribution in [0.15, 0.2) is 22.4 Å². The molecular formula is C11H18N2O2. The predicted molar refractivity (Wildman–Crippen MR) is 57.9 cm³/mol. The highest BCUT2D eigenvalue weighted by Gasteiger charge is 2.10. The van der Waals surface area contributed by atoms with Crippen LogP contribution in [0.4, 0.5) is 0 Å². The molecule has 0 radical (unpaired) electrons. The Hall–Kier alpha value is -1.19. The van der Waals surface area contributed by atoms with Crippen LogP contribution in [0.5, 0.6) is 0 Å². The minimum absolute atomic E-state index is 0.649. The van der Waals surface area contributed by atoms with Gasteiger partial charge in [0.2, 0.25) is 0 Å². The van der Waals surface area contributed by atoms with Crippen molar-refractivity contribution in [2.45, 2.75) is 38.6 Å². The highest BCUT2D eigenvalue weighted by atomic mass is 16.4. The zero-order chi connectivity index (χ0) is 11.1. The van der Waals surface area contributed by atoms with Crippen LogP contribution in [0.3, 0.4) is 0 Å². The van der Waals surface area contributed by atoms with E-state index in [2.05, 4.69) is 22.4 Å². The average Bonchev–Trinajstić information content (AvgIpc) is 2.25. The number of azo groups is 1. The summed E-state index contributed by atoms with van der Waals surface area (Å²) in [5.41, 5.74) is 0. The van der Waals surface area contributed by atoms with Gasteiger partial charge in [-0.25, -0.2) is 4.79 Å². The maximum absolute atomic E-state index is 10.4. The number of nitrogens with zero attached hydrogens (tertiary/aromatic N) is 2. The molecule has 0 heterocycles. The van der Waals surface area contributed by atoms with Gasteiger partial charge in [-0.05, 0) is 38.5 Å². The molecule has 2 atom stereocenters. The van der Waals surface area contributed by atoms with Crippen LogP contribution in [0, 0.1) is 5.92 Å². The first-order valence-electron chi connectivity index (χ1n) is 5.44. The van der Waals surface area contributed by atoms with Crippen LogP contribution in [-0.4, -0.2) is 23.7 Å². The summed E-state index contributed by atoms with van der Waals surface area (Å²) in [5.74, 6) is -0.214. The van der Waals surface area contributed by atoms with Crippen LogP contribution < -0.4 is 0 Å². The fraction of sp³-hybridized carbons (Fsp3) is 0.727. The summed E-state index contributed by atoms with van der Waals surface area (Å²) in [6.07, 6.45) is 8.95. The van der Waals surface area contributed by atoms with Crippen molar-refractivity contribution in [3.63, 3.8) is 0 Å². The molecule has 0 spiro atoms. The quantitative estimate of drug-likeness (QED) is 0.560. The predicted octanol–water partition coefficient (Wildman–Crippen LogP) is 2.66. The SMILES string of the molecule is CC(N=NCCC1CC=CCC1)C(=O)O. The molecule has 0 saturated carbocycles. The smallest absolute Gasteiger partial charge is 0.330 e. The maximum Gasteiger partial charge on any atom is 0.330 e. The van der Waals surface area contributed by atoms with Crippen molar-refractivity contribution in [2.24, 2.45) is 16.1 Å². The van der Waals surface area contributed by atoms with Crippen molar-refractivity contribution in [2.75, 3.05) is 6.54 Å². The molecule has 15 heavy (non-hydrogen) atoms. The number of rotatable bonds is 5. The largest absolute Gasteiger partial charge is 0.480 e. The first-order chi connectivity index (χ1) is 7.20. The van der Waals surface area contributed by atoms with Gasteiger partial charge in [0.1, 0.15) is 0 Å². The van der Waals surface area contributed by atoms with Crippen molar-refractivity contribution >= 4 is 5.97 Å². The lowest BCUT2D eigenvalue weighted by atomic mass is 9.92. The summed E-state index contributed by atoms with van der Waals surface area (Å²) in [5, 5.41) is 16.2. The Kier molecular flexibility index (Phi) is 5.01. The summed E-state index contributed by atoms with van der Waals surface area (Å²) in [7, 11) is 0. The fourth-order valence-corrected chi connectivity index (χ4v) is 1.59. The van der Waals surface area contributed by atoms with Gasteiger partial charge in [-0.2, -0.15) is 10.2 Å². The van der Waals surface area contributed by atoms with Gasteiger partial charge < -0.3 is 5.11 Å². The summed E-state index contributed by atoms with van der Waals surface area (Å²) in [6.45, 7) is 2.19. The first kappa shape index (κ1) is 11.9. The van der Waals surface area contributed by atoms with E-state index in [0.717, 1.165) is 19.3 Å². The van der Waals surface area contributed by atoms with Gasteiger partial charge in [-0.1, -0.05) is 12.2 Å². The number of allylic oxidation sites excluding steroid dienone is 2. The average molecular weight is 210 g/mol. The van der Waals surface area contributed by atoms with E-state index in [0.29, 0.717) is 12.5 Å². The third-order valence-electron chi connectivity index (χ3n) is 2.63. The molecule has 1 rings (SSSR count). The lowest BCUT2D eigenvalue weighted by molar-refractivity contribution is -0.138. The van der Waals surface area contributed by atoms with Crippen LogP contribution in [0.1, 0.15) is 32.6 Å². The summed E-state index contributed by atoms with van der Waals surface area (Å²) < 4.78 is 0. The second kappa shape index (κ2) is 6.32.